The molecule has 1 saturated heterocycles. The number of anilines is 1. The molecule has 1 saturated carbocycles. The van der Waals surface area contributed by atoms with E-state index in [1.54, 1.807) is 11.4 Å². The first kappa shape index (κ1) is 28.3. The highest BCUT2D eigenvalue weighted by atomic mass is 32.2. The van der Waals surface area contributed by atoms with Crippen molar-refractivity contribution in [3.8, 4) is 0 Å². The third-order valence-corrected chi connectivity index (χ3v) is 11.4. The van der Waals surface area contributed by atoms with E-state index in [2.05, 4.69) is 0 Å². The van der Waals surface area contributed by atoms with Crippen molar-refractivity contribution in [1.82, 2.24) is 8.61 Å². The zero-order chi connectivity index (χ0) is 27.2. The molecule has 1 unspecified atom stereocenters. The van der Waals surface area contributed by atoms with Crippen LogP contribution in [0.25, 0.3) is 0 Å². The lowest BCUT2D eigenvalue weighted by molar-refractivity contribution is -0.258. The minimum Gasteiger partial charge on any atom is -0.376 e. The molecule has 206 valence electrons. The van der Waals surface area contributed by atoms with Crippen molar-refractivity contribution in [3.63, 3.8) is 0 Å². The zero-order valence-electron chi connectivity index (χ0n) is 20.4. The Labute approximate surface area is 219 Å². The Morgan fingerprint density at radius 3 is 2.22 bits per heavy atom. The van der Waals surface area contributed by atoms with Crippen LogP contribution in [-0.2, 0) is 25.6 Å². The summed E-state index contributed by atoms with van der Waals surface area (Å²) >= 11 is 1.10. The van der Waals surface area contributed by atoms with Gasteiger partial charge in [-0.2, -0.15) is 21.8 Å². The lowest BCUT2D eigenvalue weighted by atomic mass is 9.95. The van der Waals surface area contributed by atoms with Crippen LogP contribution in [-0.4, -0.2) is 81.8 Å². The van der Waals surface area contributed by atoms with E-state index < -0.39 is 37.9 Å². The van der Waals surface area contributed by atoms with E-state index in [4.69, 9.17) is 0 Å². The van der Waals surface area contributed by atoms with Crippen molar-refractivity contribution in [2.45, 2.75) is 41.8 Å². The van der Waals surface area contributed by atoms with Gasteiger partial charge in [-0.05, 0) is 54.8 Å². The van der Waals surface area contributed by atoms with Crippen molar-refractivity contribution in [3.05, 3.63) is 47.3 Å². The second kappa shape index (κ2) is 10.1. The predicted molar refractivity (Wildman–Crippen MR) is 135 cm³/mol. The summed E-state index contributed by atoms with van der Waals surface area (Å²) in [6.45, 7) is 1.41. The number of hydrogen-bond acceptors (Lipinski definition) is 7. The molecular formula is C23H30F3N3O5S3. The number of halogens is 3. The van der Waals surface area contributed by atoms with E-state index >= 15 is 0 Å². The standard InChI is InChI=1S/C23H30F3N3O5S3/c1-22(30,23(24,25)26)18-7-9-19(10-8-18)29-12-11-27(37(33,34)21-4-3-13-35-21)15-20(29)16-28(36(2,31)32)14-17-5-6-17/h3-4,7-10,13,17,20,30H,5-6,11-12,14-16H2,1-2H3/t20-,22?/m1/s1. The van der Waals surface area contributed by atoms with Gasteiger partial charge in [0.25, 0.3) is 10.0 Å². The quantitative estimate of drug-likeness (QED) is 0.489. The molecule has 0 radical (unpaired) electrons. The molecule has 0 bridgehead atoms. The Kier molecular flexibility index (Phi) is 7.74. The number of piperazine rings is 1. The van der Waals surface area contributed by atoms with Crippen molar-refractivity contribution in [2.75, 3.05) is 43.9 Å². The number of aliphatic hydroxyl groups is 1. The highest BCUT2D eigenvalue weighted by Crippen LogP contribution is 2.39. The number of sulfonamides is 2. The highest BCUT2D eigenvalue weighted by molar-refractivity contribution is 7.91. The fraction of sp³-hybridized carbons (Fsp3) is 0.565. The fourth-order valence-electron chi connectivity index (χ4n) is 4.39. The molecule has 1 aliphatic heterocycles. The minimum absolute atomic E-state index is 0.0128. The van der Waals surface area contributed by atoms with E-state index in [-0.39, 0.29) is 41.9 Å². The van der Waals surface area contributed by atoms with E-state index in [1.165, 1.54) is 38.9 Å². The summed E-state index contributed by atoms with van der Waals surface area (Å²) in [4.78, 5) is 1.83. The maximum atomic E-state index is 13.3. The average molecular weight is 582 g/mol. The Morgan fingerprint density at radius 2 is 1.70 bits per heavy atom. The smallest absolute Gasteiger partial charge is 0.376 e. The first-order valence-electron chi connectivity index (χ1n) is 11.8. The van der Waals surface area contributed by atoms with E-state index in [0.29, 0.717) is 19.2 Å². The SMILES string of the molecule is CC(O)(c1ccc(N2CCN(S(=O)(=O)c3cccs3)C[C@@H]2CN(CC2CC2)S(C)(=O)=O)cc1)C(F)(F)F. The monoisotopic (exact) mass is 581 g/mol. The third-order valence-electron chi connectivity index (χ3n) is 6.89. The summed E-state index contributed by atoms with van der Waals surface area (Å²) in [6.07, 6.45) is -1.88. The van der Waals surface area contributed by atoms with Gasteiger partial charge in [-0.25, -0.2) is 16.8 Å². The molecule has 1 aliphatic carbocycles. The molecule has 2 fully saturated rings. The molecule has 1 N–H and O–H groups in total. The van der Waals surface area contributed by atoms with Gasteiger partial charge in [-0.15, -0.1) is 11.3 Å². The van der Waals surface area contributed by atoms with E-state index in [9.17, 15) is 35.1 Å². The summed E-state index contributed by atoms with van der Waals surface area (Å²) < 4.78 is 94.3. The second-order valence-corrected chi connectivity index (χ2v) is 14.9. The topological polar surface area (TPSA) is 98.2 Å². The molecule has 14 heteroatoms. The van der Waals surface area contributed by atoms with Gasteiger partial charge in [0.05, 0.1) is 12.3 Å². The zero-order valence-corrected chi connectivity index (χ0v) is 22.9. The predicted octanol–water partition coefficient (Wildman–Crippen LogP) is 3.07. The molecule has 2 atom stereocenters. The average Bonchev–Trinajstić information content (AvgIpc) is 3.45. The van der Waals surface area contributed by atoms with Crippen molar-refractivity contribution >= 4 is 37.1 Å². The summed E-state index contributed by atoms with van der Waals surface area (Å²) in [6, 6.07) is 7.84. The molecule has 2 heterocycles. The normalized spacial score (nSPS) is 21.8. The van der Waals surface area contributed by atoms with Crippen LogP contribution in [0, 0.1) is 5.92 Å². The van der Waals surface area contributed by atoms with Gasteiger partial charge in [-0.1, -0.05) is 18.2 Å². The number of rotatable bonds is 9. The van der Waals surface area contributed by atoms with E-state index in [0.717, 1.165) is 30.4 Å². The van der Waals surface area contributed by atoms with E-state index in [1.807, 2.05) is 4.90 Å². The molecule has 0 spiro atoms. The Balaban J connectivity index is 1.64. The molecule has 2 aromatic rings. The van der Waals surface area contributed by atoms with Gasteiger partial charge < -0.3 is 10.0 Å². The minimum atomic E-state index is -4.86. The molecule has 1 aromatic heterocycles. The number of thiophene rings is 1. The largest absolute Gasteiger partial charge is 0.421 e. The van der Waals surface area contributed by atoms with Gasteiger partial charge in [0.2, 0.25) is 10.0 Å². The Bertz CT molecular complexity index is 1290. The number of benzene rings is 1. The maximum absolute atomic E-state index is 13.3. The van der Waals surface area contributed by atoms with Crippen LogP contribution in [0.15, 0.2) is 46.0 Å². The summed E-state index contributed by atoms with van der Waals surface area (Å²) in [5.74, 6) is 0.265. The molecule has 0 amide bonds. The van der Waals surface area contributed by atoms with Crippen LogP contribution < -0.4 is 4.90 Å². The molecule has 1 aromatic carbocycles. The van der Waals surface area contributed by atoms with Crippen molar-refractivity contribution < 1.29 is 35.1 Å². The van der Waals surface area contributed by atoms with Crippen molar-refractivity contribution in [2.24, 2.45) is 5.92 Å². The second-order valence-electron chi connectivity index (χ2n) is 9.78. The van der Waals surface area contributed by atoms with Gasteiger partial charge in [0, 0.05) is 38.4 Å². The molecular weight excluding hydrogens is 551 g/mol. The number of alkyl halides is 3. The summed E-state index contributed by atoms with van der Waals surface area (Å²) in [7, 11) is -7.36. The molecule has 4 rings (SSSR count). The first-order valence-corrected chi connectivity index (χ1v) is 15.9. The van der Waals surface area contributed by atoms with Crippen LogP contribution in [0.1, 0.15) is 25.3 Å². The van der Waals surface area contributed by atoms with Crippen LogP contribution in [0.3, 0.4) is 0 Å². The Morgan fingerprint density at radius 1 is 1.05 bits per heavy atom. The lowest BCUT2D eigenvalue weighted by Crippen LogP contribution is -2.59. The van der Waals surface area contributed by atoms with Gasteiger partial charge in [-0.3, -0.25) is 0 Å². The third kappa shape index (κ3) is 6.14. The molecule has 2 aliphatic rings. The van der Waals surface area contributed by atoms with Gasteiger partial charge >= 0.3 is 6.18 Å². The van der Waals surface area contributed by atoms with Crippen molar-refractivity contribution in [1.29, 1.82) is 0 Å². The van der Waals surface area contributed by atoms with Crippen LogP contribution >= 0.6 is 11.3 Å². The van der Waals surface area contributed by atoms with Gasteiger partial charge in [0.1, 0.15) is 4.21 Å². The number of hydrogen-bond donors (Lipinski definition) is 1. The Hall–Kier alpha value is -1.71. The van der Waals surface area contributed by atoms with Crippen LogP contribution in [0.2, 0.25) is 0 Å². The van der Waals surface area contributed by atoms with Gasteiger partial charge in [0.15, 0.2) is 5.60 Å². The summed E-state index contributed by atoms with van der Waals surface area (Å²) in [5.41, 5.74) is -2.85. The van der Waals surface area contributed by atoms with Crippen LogP contribution in [0.4, 0.5) is 18.9 Å². The number of nitrogens with zero attached hydrogens (tertiary/aromatic N) is 3. The molecule has 37 heavy (non-hydrogen) atoms. The van der Waals surface area contributed by atoms with Crippen LogP contribution in [0.5, 0.6) is 0 Å². The molecule has 8 nitrogen and oxygen atoms in total. The first-order chi connectivity index (χ1) is 17.1. The fourth-order valence-corrected chi connectivity index (χ4v) is 7.93. The summed E-state index contributed by atoms with van der Waals surface area (Å²) in [5, 5.41) is 11.7. The highest BCUT2D eigenvalue weighted by Gasteiger charge is 2.51. The lowest BCUT2D eigenvalue weighted by Gasteiger charge is -2.43. The maximum Gasteiger partial charge on any atom is 0.421 e.